The number of pyridine rings is 1. The van der Waals surface area contributed by atoms with E-state index in [0.717, 1.165) is 5.39 Å². The van der Waals surface area contributed by atoms with Crippen molar-refractivity contribution in [1.82, 2.24) is 14.3 Å². The molecule has 2 heterocycles. The zero-order valence-corrected chi connectivity index (χ0v) is 15.4. The van der Waals surface area contributed by atoms with Gasteiger partial charge in [-0.2, -0.15) is 0 Å². The first-order valence-electron chi connectivity index (χ1n) is 8.75. The van der Waals surface area contributed by atoms with E-state index >= 15 is 0 Å². The molecule has 4 rings (SSSR count). The van der Waals surface area contributed by atoms with Crippen molar-refractivity contribution in [3.8, 4) is 5.69 Å². The third-order valence-corrected chi connectivity index (χ3v) is 4.79. The van der Waals surface area contributed by atoms with E-state index in [1.165, 1.54) is 10.7 Å². The van der Waals surface area contributed by atoms with Crippen LogP contribution in [0.2, 0.25) is 0 Å². The number of nitrogens with one attached hydrogen (secondary N) is 2. The van der Waals surface area contributed by atoms with Gasteiger partial charge >= 0.3 is 0 Å². The maximum Gasteiger partial charge on any atom is 0.295 e. The number of carbonyl (C=O) groups is 1. The fourth-order valence-electron chi connectivity index (χ4n) is 3.21. The molecule has 0 saturated carbocycles. The highest BCUT2D eigenvalue weighted by Gasteiger charge is 2.20. The summed E-state index contributed by atoms with van der Waals surface area (Å²) in [6.45, 7) is 1.74. The Morgan fingerprint density at radius 2 is 1.68 bits per heavy atom. The lowest BCUT2D eigenvalue weighted by Gasteiger charge is -2.07. The molecule has 7 nitrogen and oxygen atoms in total. The Balaban J connectivity index is 1.76. The van der Waals surface area contributed by atoms with Gasteiger partial charge in [0.1, 0.15) is 11.3 Å². The number of rotatable bonds is 3. The summed E-state index contributed by atoms with van der Waals surface area (Å²) in [5, 5.41) is 3.35. The van der Waals surface area contributed by atoms with E-state index in [2.05, 4.69) is 10.3 Å². The summed E-state index contributed by atoms with van der Waals surface area (Å²) in [6, 6.07) is 17.8. The zero-order chi connectivity index (χ0) is 19.8. The molecule has 0 aliphatic rings. The fourth-order valence-corrected chi connectivity index (χ4v) is 3.21. The summed E-state index contributed by atoms with van der Waals surface area (Å²) in [6.07, 6.45) is 0. The summed E-state index contributed by atoms with van der Waals surface area (Å²) < 4.78 is 3.13. The van der Waals surface area contributed by atoms with Crippen molar-refractivity contribution in [3.05, 3.63) is 92.6 Å². The molecule has 7 heteroatoms. The molecule has 140 valence electrons. The molecule has 2 aromatic heterocycles. The molecule has 0 saturated heterocycles. The van der Waals surface area contributed by atoms with Crippen LogP contribution in [0.1, 0.15) is 16.1 Å². The van der Waals surface area contributed by atoms with Crippen molar-refractivity contribution in [3.63, 3.8) is 0 Å². The van der Waals surface area contributed by atoms with E-state index in [1.54, 1.807) is 49.0 Å². The average molecular weight is 374 g/mol. The molecule has 1 amide bonds. The number of aromatic amines is 1. The standard InChI is InChI=1S/C21H18N4O3/c1-13-18(21(28)25(24(13)2)15-9-4-3-5-10-15)23-20(27)16-12-14-8-6-7-11-17(14)22-19(16)26/h3-12H,1-2H3,(H,22,26)(H,23,27). The van der Waals surface area contributed by atoms with E-state index in [-0.39, 0.29) is 16.8 Å². The Kier molecular flexibility index (Phi) is 4.19. The molecule has 0 unspecified atom stereocenters. The van der Waals surface area contributed by atoms with Crippen molar-refractivity contribution in [2.45, 2.75) is 6.92 Å². The lowest BCUT2D eigenvalue weighted by molar-refractivity contribution is 0.102. The second-order valence-electron chi connectivity index (χ2n) is 6.49. The molecule has 0 aliphatic heterocycles. The van der Waals surface area contributed by atoms with Crippen LogP contribution in [0.3, 0.4) is 0 Å². The molecule has 0 atom stereocenters. The van der Waals surface area contributed by atoms with Crippen molar-refractivity contribution in [1.29, 1.82) is 0 Å². The summed E-state index contributed by atoms with van der Waals surface area (Å²) >= 11 is 0. The molecule has 0 aliphatic carbocycles. The second-order valence-corrected chi connectivity index (χ2v) is 6.49. The lowest BCUT2D eigenvalue weighted by atomic mass is 10.1. The Morgan fingerprint density at radius 1 is 1.00 bits per heavy atom. The normalized spacial score (nSPS) is 10.9. The maximum absolute atomic E-state index is 12.9. The SMILES string of the molecule is Cc1c(NC(=O)c2cc3ccccc3[nH]c2=O)c(=O)n(-c2ccccc2)n1C. The van der Waals surface area contributed by atoms with Gasteiger partial charge in [-0.15, -0.1) is 0 Å². The third-order valence-electron chi connectivity index (χ3n) is 4.79. The van der Waals surface area contributed by atoms with Crippen LogP contribution in [-0.2, 0) is 7.05 Å². The van der Waals surface area contributed by atoms with Gasteiger partial charge in [-0.25, -0.2) is 4.68 Å². The van der Waals surface area contributed by atoms with Gasteiger partial charge in [-0.05, 0) is 36.6 Å². The number of benzene rings is 2. The first-order chi connectivity index (χ1) is 13.5. The van der Waals surface area contributed by atoms with Gasteiger partial charge in [0.25, 0.3) is 17.0 Å². The second kappa shape index (κ2) is 6.70. The molecule has 2 aromatic carbocycles. The van der Waals surface area contributed by atoms with Crippen LogP contribution in [0, 0.1) is 6.92 Å². The highest BCUT2D eigenvalue weighted by Crippen LogP contribution is 2.15. The number of hydrogen-bond acceptors (Lipinski definition) is 3. The summed E-state index contributed by atoms with van der Waals surface area (Å²) in [7, 11) is 1.74. The van der Waals surface area contributed by atoms with Crippen LogP contribution in [0.5, 0.6) is 0 Å². The number of H-pyrrole nitrogens is 1. The van der Waals surface area contributed by atoms with E-state index in [4.69, 9.17) is 0 Å². The lowest BCUT2D eigenvalue weighted by Crippen LogP contribution is -2.26. The van der Waals surface area contributed by atoms with Crippen LogP contribution >= 0.6 is 0 Å². The van der Waals surface area contributed by atoms with Crippen LogP contribution in [0.4, 0.5) is 5.69 Å². The number of anilines is 1. The van der Waals surface area contributed by atoms with Gasteiger partial charge in [0.05, 0.1) is 11.4 Å². The van der Waals surface area contributed by atoms with Crippen LogP contribution in [0.25, 0.3) is 16.6 Å². The largest absolute Gasteiger partial charge is 0.321 e. The Bertz CT molecular complexity index is 1310. The molecule has 2 N–H and O–H groups in total. The highest BCUT2D eigenvalue weighted by molar-refractivity contribution is 6.05. The van der Waals surface area contributed by atoms with Crippen molar-refractivity contribution in [2.24, 2.45) is 7.05 Å². The third kappa shape index (κ3) is 2.83. The summed E-state index contributed by atoms with van der Waals surface area (Å²) in [4.78, 5) is 40.7. The number of aromatic nitrogens is 3. The quantitative estimate of drug-likeness (QED) is 0.578. The molecular formula is C21H18N4O3. The number of carbonyl (C=O) groups excluding carboxylic acids is 1. The Labute approximate surface area is 159 Å². The molecule has 0 fully saturated rings. The fraction of sp³-hybridized carbons (Fsp3) is 0.0952. The van der Waals surface area contributed by atoms with Gasteiger partial charge in [-0.3, -0.25) is 19.1 Å². The highest BCUT2D eigenvalue weighted by atomic mass is 16.2. The first-order valence-corrected chi connectivity index (χ1v) is 8.75. The van der Waals surface area contributed by atoms with Crippen LogP contribution < -0.4 is 16.4 Å². The predicted molar refractivity (Wildman–Crippen MR) is 108 cm³/mol. The molecule has 0 radical (unpaired) electrons. The Morgan fingerprint density at radius 3 is 2.43 bits per heavy atom. The minimum atomic E-state index is -0.627. The molecule has 0 bridgehead atoms. The minimum Gasteiger partial charge on any atom is -0.321 e. The van der Waals surface area contributed by atoms with Crippen molar-refractivity contribution >= 4 is 22.5 Å². The van der Waals surface area contributed by atoms with Gasteiger partial charge in [-0.1, -0.05) is 36.4 Å². The van der Waals surface area contributed by atoms with Crippen molar-refractivity contribution < 1.29 is 4.79 Å². The number of amides is 1. The van der Waals surface area contributed by atoms with E-state index in [9.17, 15) is 14.4 Å². The predicted octanol–water partition coefficient (Wildman–Crippen LogP) is 2.58. The molecule has 28 heavy (non-hydrogen) atoms. The van der Waals surface area contributed by atoms with Gasteiger partial charge < -0.3 is 10.3 Å². The van der Waals surface area contributed by atoms with Crippen LogP contribution in [0.15, 0.2) is 70.3 Å². The van der Waals surface area contributed by atoms with Crippen molar-refractivity contribution in [2.75, 3.05) is 5.32 Å². The first kappa shape index (κ1) is 17.5. The summed E-state index contributed by atoms with van der Waals surface area (Å²) in [5.74, 6) is -0.627. The number of fused-ring (bicyclic) bond motifs is 1. The minimum absolute atomic E-state index is 0.0485. The monoisotopic (exact) mass is 374 g/mol. The number of hydrogen-bond donors (Lipinski definition) is 2. The van der Waals surface area contributed by atoms with E-state index in [1.807, 2.05) is 24.3 Å². The smallest absolute Gasteiger partial charge is 0.295 e. The molecular weight excluding hydrogens is 356 g/mol. The Hall–Kier alpha value is -3.87. The number of para-hydroxylation sites is 2. The molecule has 4 aromatic rings. The van der Waals surface area contributed by atoms with Gasteiger partial charge in [0.2, 0.25) is 0 Å². The molecule has 0 spiro atoms. The maximum atomic E-state index is 12.9. The number of nitrogens with zero attached hydrogens (tertiary/aromatic N) is 2. The topological polar surface area (TPSA) is 88.9 Å². The van der Waals surface area contributed by atoms with Gasteiger partial charge in [0.15, 0.2) is 0 Å². The van der Waals surface area contributed by atoms with Crippen LogP contribution in [-0.4, -0.2) is 20.3 Å². The average Bonchev–Trinajstić information content (AvgIpc) is 2.91. The van der Waals surface area contributed by atoms with E-state index < -0.39 is 11.5 Å². The van der Waals surface area contributed by atoms with Gasteiger partial charge in [0, 0.05) is 12.6 Å². The summed E-state index contributed by atoms with van der Waals surface area (Å²) in [5.41, 5.74) is 1.13. The van der Waals surface area contributed by atoms with E-state index in [0.29, 0.717) is 16.9 Å². The zero-order valence-electron chi connectivity index (χ0n) is 15.4.